The Hall–Kier alpha value is -6.01. The maximum Gasteiger partial charge on any atom is 0.346 e. The smallest absolute Gasteiger partial charge is 0.346 e. The minimum atomic E-state index is -1.83. The minimum absolute atomic E-state index is 0.0300. The van der Waals surface area contributed by atoms with Crippen LogP contribution in [0, 0.1) is 19.8 Å². The highest BCUT2D eigenvalue weighted by atomic mass is 16.6. The molecule has 0 fully saturated rings. The van der Waals surface area contributed by atoms with Crippen LogP contribution in [0.4, 0.5) is 0 Å². The maximum absolute atomic E-state index is 14.5. The number of aromatic hydroxyl groups is 4. The maximum atomic E-state index is 14.5. The summed E-state index contributed by atoms with van der Waals surface area (Å²) in [6, 6.07) is 11.3. The first-order valence-corrected chi connectivity index (χ1v) is 17.8. The number of esters is 2. The number of benzene rings is 4. The van der Waals surface area contributed by atoms with Crippen molar-refractivity contribution in [2.75, 3.05) is 7.11 Å². The Kier molecular flexibility index (Phi) is 11.8. The van der Waals surface area contributed by atoms with E-state index >= 15 is 0 Å². The molecule has 12 nitrogen and oxygen atoms in total. The van der Waals surface area contributed by atoms with Gasteiger partial charge >= 0.3 is 11.9 Å². The van der Waals surface area contributed by atoms with Gasteiger partial charge in [-0.15, -0.1) is 0 Å². The summed E-state index contributed by atoms with van der Waals surface area (Å²) in [6.07, 6.45) is -2.05. The molecule has 1 aliphatic rings. The first-order chi connectivity index (χ1) is 25.9. The van der Waals surface area contributed by atoms with Crippen LogP contribution >= 0.6 is 0 Å². The molecule has 5 rings (SSSR count). The lowest BCUT2D eigenvalue weighted by molar-refractivity contribution is -0.147. The minimum Gasteiger partial charge on any atom is -0.507 e. The van der Waals surface area contributed by atoms with E-state index in [2.05, 4.69) is 0 Å². The quantitative estimate of drug-likeness (QED) is 0.0593. The van der Waals surface area contributed by atoms with E-state index in [9.17, 15) is 39.9 Å². The summed E-state index contributed by atoms with van der Waals surface area (Å²) in [4.78, 5) is 41.2. The average Bonchev–Trinajstić information content (AvgIpc) is 3.13. The van der Waals surface area contributed by atoms with E-state index in [-0.39, 0.29) is 52.0 Å². The standard InChI is InChI=1S/C43H46O12/c1-20(2)9-10-25-11-13-29(45)35(37(25)48)39(50)34-27(16-22(5)18-30(34)46)42-38(49)28-17-23(6)19-31(47)40(28)54-32-14-12-26(33(15-21(3)4)53-24(7)44)41(52-8)36(32)43(51)55-42/h9,11-14,16-19,21,33,38,42,45-49H,10,15H2,1-8H3/t33-,38-,42+/m1/s1. The van der Waals surface area contributed by atoms with E-state index in [1.165, 1.54) is 56.5 Å². The third-order valence-corrected chi connectivity index (χ3v) is 9.22. The zero-order valence-corrected chi connectivity index (χ0v) is 32.0. The number of aliphatic hydroxyl groups excluding tert-OH is 1. The number of aryl methyl sites for hydroxylation is 2. The molecule has 0 bridgehead atoms. The topological polar surface area (TPSA) is 189 Å². The van der Waals surface area contributed by atoms with Gasteiger partial charge in [-0.2, -0.15) is 0 Å². The van der Waals surface area contributed by atoms with Crippen molar-refractivity contribution >= 4 is 17.7 Å². The van der Waals surface area contributed by atoms with Gasteiger partial charge in [0.1, 0.15) is 52.1 Å². The zero-order valence-electron chi connectivity index (χ0n) is 32.0. The van der Waals surface area contributed by atoms with E-state index in [0.29, 0.717) is 28.7 Å². The monoisotopic (exact) mass is 754 g/mol. The summed E-state index contributed by atoms with van der Waals surface area (Å²) in [5.74, 6) is -5.13. The second kappa shape index (κ2) is 16.2. The largest absolute Gasteiger partial charge is 0.507 e. The molecule has 0 aliphatic carbocycles. The molecule has 290 valence electrons. The van der Waals surface area contributed by atoms with Crippen molar-refractivity contribution in [2.45, 2.75) is 79.6 Å². The van der Waals surface area contributed by atoms with Crippen molar-refractivity contribution in [3.05, 3.63) is 110 Å². The van der Waals surface area contributed by atoms with Crippen LogP contribution < -0.4 is 9.47 Å². The van der Waals surface area contributed by atoms with Crippen molar-refractivity contribution in [2.24, 2.45) is 5.92 Å². The first-order valence-electron chi connectivity index (χ1n) is 17.8. The number of carbonyl (C=O) groups is 3. The molecular formula is C43H46O12. The molecule has 1 heterocycles. The number of rotatable bonds is 10. The number of cyclic esters (lactones) is 1. The predicted octanol–water partition coefficient (Wildman–Crippen LogP) is 8.26. The van der Waals surface area contributed by atoms with Gasteiger partial charge in [-0.25, -0.2) is 4.79 Å². The van der Waals surface area contributed by atoms with E-state index in [1.54, 1.807) is 19.9 Å². The van der Waals surface area contributed by atoms with Crippen LogP contribution in [-0.2, 0) is 20.7 Å². The molecule has 0 amide bonds. The van der Waals surface area contributed by atoms with E-state index in [1.807, 2.05) is 33.8 Å². The molecule has 0 spiro atoms. The molecule has 3 atom stereocenters. The normalized spacial score (nSPS) is 15.6. The van der Waals surface area contributed by atoms with Crippen molar-refractivity contribution in [1.29, 1.82) is 0 Å². The number of methoxy groups -OCH3 is 1. The molecule has 55 heavy (non-hydrogen) atoms. The Labute approximate surface area is 319 Å². The van der Waals surface area contributed by atoms with Gasteiger partial charge in [0.15, 0.2) is 17.6 Å². The molecule has 0 aromatic heterocycles. The number of ether oxygens (including phenoxy) is 4. The molecule has 0 unspecified atom stereocenters. The Balaban J connectivity index is 1.79. The molecule has 0 radical (unpaired) electrons. The van der Waals surface area contributed by atoms with Crippen LogP contribution in [-0.4, -0.2) is 50.4 Å². The summed E-state index contributed by atoms with van der Waals surface area (Å²) < 4.78 is 23.8. The first kappa shape index (κ1) is 40.2. The number of carbonyl (C=O) groups excluding carboxylic acids is 3. The molecule has 4 aromatic rings. The molecule has 12 heteroatoms. The van der Waals surface area contributed by atoms with Crippen LogP contribution in [0.15, 0.2) is 60.2 Å². The van der Waals surface area contributed by atoms with Gasteiger partial charge in [-0.3, -0.25) is 9.59 Å². The van der Waals surface area contributed by atoms with Crippen LogP contribution in [0.2, 0.25) is 0 Å². The van der Waals surface area contributed by atoms with Gasteiger partial charge in [0.2, 0.25) is 5.78 Å². The van der Waals surface area contributed by atoms with Crippen molar-refractivity contribution in [3.63, 3.8) is 0 Å². The van der Waals surface area contributed by atoms with E-state index in [0.717, 1.165) is 5.57 Å². The average molecular weight is 755 g/mol. The second-order valence-electron chi connectivity index (χ2n) is 14.4. The summed E-state index contributed by atoms with van der Waals surface area (Å²) in [5, 5.41) is 57.1. The number of hydrogen-bond acceptors (Lipinski definition) is 12. The molecule has 0 saturated carbocycles. The number of hydrogen-bond donors (Lipinski definition) is 5. The lowest BCUT2D eigenvalue weighted by Gasteiger charge is -2.27. The molecular weight excluding hydrogens is 708 g/mol. The highest BCUT2D eigenvalue weighted by Crippen LogP contribution is 2.50. The van der Waals surface area contributed by atoms with Crippen LogP contribution in [0.5, 0.6) is 40.2 Å². The molecule has 5 N–H and O–H groups in total. The summed E-state index contributed by atoms with van der Waals surface area (Å²) in [6.45, 7) is 12.1. The molecule has 0 saturated heterocycles. The number of allylic oxidation sites excluding steroid dienone is 2. The Morgan fingerprint density at radius 3 is 2.15 bits per heavy atom. The fraction of sp³-hybridized carbons (Fsp3) is 0.326. The number of fused-ring (bicyclic) bond motifs is 2. The SMILES string of the molecule is COc1c([C@@H](CC(C)C)OC(C)=O)ccc2c1C(=O)O[C@@H](c1cc(C)cc(O)c1C(=O)c1c(O)ccc(CC=C(C)C)c1O)[C@H](O)c1cc(C)cc(O)c1O2. The summed E-state index contributed by atoms with van der Waals surface area (Å²) in [5.41, 5.74) is 1.02. The van der Waals surface area contributed by atoms with Crippen molar-refractivity contribution < 1.29 is 58.9 Å². The number of phenolic OH excluding ortho intramolecular Hbond substituents is 4. The van der Waals surface area contributed by atoms with E-state index < -0.39 is 64.4 Å². The summed E-state index contributed by atoms with van der Waals surface area (Å²) >= 11 is 0. The molecule has 1 aliphatic heterocycles. The van der Waals surface area contributed by atoms with Crippen molar-refractivity contribution in [1.82, 2.24) is 0 Å². The van der Waals surface area contributed by atoms with Gasteiger partial charge in [0, 0.05) is 23.6 Å². The van der Waals surface area contributed by atoms with Gasteiger partial charge in [-0.05, 0) is 99.5 Å². The van der Waals surface area contributed by atoms with Gasteiger partial charge < -0.3 is 44.5 Å². The predicted molar refractivity (Wildman–Crippen MR) is 202 cm³/mol. The highest BCUT2D eigenvalue weighted by molar-refractivity contribution is 6.15. The van der Waals surface area contributed by atoms with Gasteiger partial charge in [0.05, 0.1) is 12.7 Å². The third-order valence-electron chi connectivity index (χ3n) is 9.22. The third kappa shape index (κ3) is 8.24. The number of aliphatic hydroxyl groups is 1. The van der Waals surface area contributed by atoms with Crippen LogP contribution in [0.25, 0.3) is 0 Å². The lowest BCUT2D eigenvalue weighted by atomic mass is 9.87. The van der Waals surface area contributed by atoms with Crippen molar-refractivity contribution in [3.8, 4) is 40.2 Å². The second-order valence-corrected chi connectivity index (χ2v) is 14.4. The number of ketones is 1. The van der Waals surface area contributed by atoms with Crippen LogP contribution in [0.1, 0.15) is 119 Å². The van der Waals surface area contributed by atoms with Gasteiger partial charge in [-0.1, -0.05) is 37.6 Å². The fourth-order valence-electron chi connectivity index (χ4n) is 6.78. The van der Waals surface area contributed by atoms with Gasteiger partial charge in [0.25, 0.3) is 0 Å². The Morgan fingerprint density at radius 1 is 0.873 bits per heavy atom. The fourth-order valence-corrected chi connectivity index (χ4v) is 6.78. The summed E-state index contributed by atoms with van der Waals surface area (Å²) in [7, 11) is 1.31. The lowest BCUT2D eigenvalue weighted by Crippen LogP contribution is -2.22. The van der Waals surface area contributed by atoms with Crippen LogP contribution in [0.3, 0.4) is 0 Å². The Bertz CT molecular complexity index is 2190. The molecule has 4 aromatic carbocycles. The highest BCUT2D eigenvalue weighted by Gasteiger charge is 2.40. The van der Waals surface area contributed by atoms with E-state index in [4.69, 9.17) is 18.9 Å². The Morgan fingerprint density at radius 2 is 1.53 bits per heavy atom. The number of phenols is 4. The zero-order chi connectivity index (χ0) is 40.5.